The van der Waals surface area contributed by atoms with E-state index < -0.39 is 0 Å². The third kappa shape index (κ3) is 8.31. The van der Waals surface area contributed by atoms with Crippen molar-refractivity contribution in [3.8, 4) is 0 Å². The minimum absolute atomic E-state index is 0.749. The molecule has 0 saturated heterocycles. The van der Waals surface area contributed by atoms with E-state index in [0.717, 1.165) is 12.6 Å². The second-order valence-corrected chi connectivity index (χ2v) is 3.94. The fourth-order valence-corrected chi connectivity index (χ4v) is 1.77. The molecule has 0 fully saturated rings. The Morgan fingerprint density at radius 3 is 2.43 bits per heavy atom. The summed E-state index contributed by atoms with van der Waals surface area (Å²) in [5.41, 5.74) is 0. The van der Waals surface area contributed by atoms with Gasteiger partial charge in [0.1, 0.15) is 0 Å². The van der Waals surface area contributed by atoms with Crippen LogP contribution in [0.2, 0.25) is 0 Å². The largest absolute Gasteiger partial charge is 0.314 e. The molecular formula is C13H27N. The summed E-state index contributed by atoms with van der Waals surface area (Å²) in [6.45, 7) is 9.30. The van der Waals surface area contributed by atoms with Crippen LogP contribution in [0.15, 0.2) is 12.7 Å². The Bertz CT molecular complexity index is 120. The van der Waals surface area contributed by atoms with Crippen LogP contribution < -0.4 is 5.32 Å². The Balaban J connectivity index is 3.19. The summed E-state index contributed by atoms with van der Waals surface area (Å²) < 4.78 is 0. The van der Waals surface area contributed by atoms with Crippen molar-refractivity contribution < 1.29 is 0 Å². The molecule has 0 aromatic heterocycles. The molecule has 0 aromatic carbocycles. The van der Waals surface area contributed by atoms with E-state index >= 15 is 0 Å². The fourth-order valence-electron chi connectivity index (χ4n) is 1.77. The zero-order valence-corrected chi connectivity index (χ0v) is 10.0. The zero-order valence-electron chi connectivity index (χ0n) is 10.0. The number of nitrogens with one attached hydrogen (secondary N) is 1. The molecule has 0 aliphatic rings. The van der Waals surface area contributed by atoms with Gasteiger partial charge < -0.3 is 5.32 Å². The second-order valence-electron chi connectivity index (χ2n) is 3.94. The Morgan fingerprint density at radius 2 is 1.86 bits per heavy atom. The number of rotatable bonds is 10. The highest BCUT2D eigenvalue weighted by molar-refractivity contribution is 4.66. The van der Waals surface area contributed by atoms with E-state index in [1.54, 1.807) is 0 Å². The molecule has 14 heavy (non-hydrogen) atoms. The summed E-state index contributed by atoms with van der Waals surface area (Å²) in [6.07, 6.45) is 11.3. The van der Waals surface area contributed by atoms with Crippen LogP contribution in [-0.2, 0) is 0 Å². The monoisotopic (exact) mass is 197 g/mol. The van der Waals surface area contributed by atoms with Gasteiger partial charge in [0.15, 0.2) is 0 Å². The standard InChI is InChI=1S/C13H27N/c1-4-7-8-9-10-11-12-13(5-2)14-6-3/h4,13-14H,1,5-12H2,2-3H3. The molecule has 0 saturated carbocycles. The van der Waals surface area contributed by atoms with E-state index in [4.69, 9.17) is 0 Å². The van der Waals surface area contributed by atoms with Crippen molar-refractivity contribution in [2.24, 2.45) is 0 Å². The van der Waals surface area contributed by atoms with Gasteiger partial charge in [-0.3, -0.25) is 0 Å². The summed E-state index contributed by atoms with van der Waals surface area (Å²) in [5, 5.41) is 3.52. The van der Waals surface area contributed by atoms with E-state index in [2.05, 4.69) is 25.7 Å². The highest BCUT2D eigenvalue weighted by Gasteiger charge is 2.02. The van der Waals surface area contributed by atoms with E-state index in [1.807, 2.05) is 6.08 Å². The first-order valence-electron chi connectivity index (χ1n) is 6.19. The maximum Gasteiger partial charge on any atom is 0.00643 e. The van der Waals surface area contributed by atoms with Gasteiger partial charge in [-0.05, 0) is 32.2 Å². The third-order valence-electron chi connectivity index (χ3n) is 2.70. The highest BCUT2D eigenvalue weighted by Crippen LogP contribution is 2.09. The molecule has 1 nitrogen and oxygen atoms in total. The van der Waals surface area contributed by atoms with Gasteiger partial charge in [-0.15, -0.1) is 6.58 Å². The van der Waals surface area contributed by atoms with Gasteiger partial charge in [0.2, 0.25) is 0 Å². The highest BCUT2D eigenvalue weighted by atomic mass is 14.9. The molecule has 84 valence electrons. The van der Waals surface area contributed by atoms with Crippen LogP contribution in [0.1, 0.15) is 58.8 Å². The SMILES string of the molecule is C=CCCCCCCC(CC)NCC. The Labute approximate surface area is 90.0 Å². The Kier molecular flexibility index (Phi) is 10.5. The van der Waals surface area contributed by atoms with Crippen LogP contribution in [0.4, 0.5) is 0 Å². The topological polar surface area (TPSA) is 12.0 Å². The zero-order chi connectivity index (χ0) is 10.6. The molecule has 0 amide bonds. The molecule has 1 heteroatoms. The lowest BCUT2D eigenvalue weighted by Gasteiger charge is -2.15. The first kappa shape index (κ1) is 13.7. The van der Waals surface area contributed by atoms with Gasteiger partial charge in [-0.1, -0.05) is 39.2 Å². The molecule has 1 N–H and O–H groups in total. The van der Waals surface area contributed by atoms with Crippen molar-refractivity contribution in [1.29, 1.82) is 0 Å². The fraction of sp³-hybridized carbons (Fsp3) is 0.846. The van der Waals surface area contributed by atoms with Crippen LogP contribution in [0.25, 0.3) is 0 Å². The lowest BCUT2D eigenvalue weighted by Crippen LogP contribution is -2.27. The van der Waals surface area contributed by atoms with Gasteiger partial charge in [-0.25, -0.2) is 0 Å². The lowest BCUT2D eigenvalue weighted by atomic mass is 10.0. The molecule has 1 atom stereocenters. The van der Waals surface area contributed by atoms with Crippen molar-refractivity contribution in [3.05, 3.63) is 12.7 Å². The van der Waals surface area contributed by atoms with Gasteiger partial charge in [-0.2, -0.15) is 0 Å². The summed E-state index contributed by atoms with van der Waals surface area (Å²) in [5.74, 6) is 0. The number of hydrogen-bond acceptors (Lipinski definition) is 1. The quantitative estimate of drug-likeness (QED) is 0.414. The summed E-state index contributed by atoms with van der Waals surface area (Å²) in [7, 11) is 0. The first-order chi connectivity index (χ1) is 6.85. The average molecular weight is 197 g/mol. The van der Waals surface area contributed by atoms with Crippen molar-refractivity contribution in [2.75, 3.05) is 6.54 Å². The van der Waals surface area contributed by atoms with Crippen LogP contribution in [0.3, 0.4) is 0 Å². The van der Waals surface area contributed by atoms with Crippen molar-refractivity contribution in [2.45, 2.75) is 64.8 Å². The average Bonchev–Trinajstić information content (AvgIpc) is 2.21. The van der Waals surface area contributed by atoms with Gasteiger partial charge >= 0.3 is 0 Å². The molecule has 0 aliphatic heterocycles. The molecule has 0 heterocycles. The maximum atomic E-state index is 3.73. The lowest BCUT2D eigenvalue weighted by molar-refractivity contribution is 0.454. The second kappa shape index (κ2) is 10.8. The molecule has 0 rings (SSSR count). The minimum atomic E-state index is 0.749. The van der Waals surface area contributed by atoms with Crippen molar-refractivity contribution >= 4 is 0 Å². The van der Waals surface area contributed by atoms with E-state index in [9.17, 15) is 0 Å². The normalized spacial score (nSPS) is 12.7. The molecular weight excluding hydrogens is 170 g/mol. The van der Waals surface area contributed by atoms with E-state index in [1.165, 1.54) is 44.9 Å². The van der Waals surface area contributed by atoms with Crippen LogP contribution in [0.5, 0.6) is 0 Å². The summed E-state index contributed by atoms with van der Waals surface area (Å²) in [6, 6.07) is 0.749. The smallest absolute Gasteiger partial charge is 0.00643 e. The van der Waals surface area contributed by atoms with Gasteiger partial charge in [0.05, 0.1) is 0 Å². The molecule has 0 bridgehead atoms. The molecule has 0 aliphatic carbocycles. The summed E-state index contributed by atoms with van der Waals surface area (Å²) >= 11 is 0. The van der Waals surface area contributed by atoms with Crippen molar-refractivity contribution in [3.63, 3.8) is 0 Å². The van der Waals surface area contributed by atoms with E-state index in [0.29, 0.717) is 0 Å². The van der Waals surface area contributed by atoms with E-state index in [-0.39, 0.29) is 0 Å². The predicted molar refractivity (Wildman–Crippen MR) is 65.7 cm³/mol. The molecule has 0 aromatic rings. The Hall–Kier alpha value is -0.300. The molecule has 0 radical (unpaired) electrons. The number of hydrogen-bond donors (Lipinski definition) is 1. The molecule has 0 spiro atoms. The Morgan fingerprint density at radius 1 is 1.14 bits per heavy atom. The maximum absolute atomic E-state index is 3.73. The minimum Gasteiger partial charge on any atom is -0.314 e. The molecule has 1 unspecified atom stereocenters. The first-order valence-corrected chi connectivity index (χ1v) is 6.19. The number of allylic oxidation sites excluding steroid dienone is 1. The predicted octanol–water partition coefficient (Wildman–Crippen LogP) is 3.90. The van der Waals surface area contributed by atoms with Crippen LogP contribution in [-0.4, -0.2) is 12.6 Å². The third-order valence-corrected chi connectivity index (χ3v) is 2.70. The van der Waals surface area contributed by atoms with Gasteiger partial charge in [0.25, 0.3) is 0 Å². The summed E-state index contributed by atoms with van der Waals surface area (Å²) in [4.78, 5) is 0. The number of unbranched alkanes of at least 4 members (excludes halogenated alkanes) is 4. The van der Waals surface area contributed by atoms with Crippen molar-refractivity contribution in [1.82, 2.24) is 5.32 Å². The van der Waals surface area contributed by atoms with Crippen LogP contribution >= 0.6 is 0 Å². The van der Waals surface area contributed by atoms with Crippen LogP contribution in [0, 0.1) is 0 Å². The van der Waals surface area contributed by atoms with Gasteiger partial charge in [0, 0.05) is 6.04 Å².